The van der Waals surface area contributed by atoms with Gasteiger partial charge in [0.2, 0.25) is 0 Å². The zero-order chi connectivity index (χ0) is 19.7. The van der Waals surface area contributed by atoms with Crippen LogP contribution in [0.1, 0.15) is 0 Å². The van der Waals surface area contributed by atoms with Crippen molar-refractivity contribution < 1.29 is 8.42 Å². The van der Waals surface area contributed by atoms with Gasteiger partial charge in [-0.1, -0.05) is 35.9 Å². The van der Waals surface area contributed by atoms with E-state index < -0.39 is 9.84 Å². The molecule has 0 radical (unpaired) electrons. The lowest BCUT2D eigenvalue weighted by Crippen LogP contribution is -1.96. The van der Waals surface area contributed by atoms with Crippen LogP contribution in [0.15, 0.2) is 84.0 Å². The SMILES string of the molecule is CS(=O)(=O)c1ccc(-c2[nH]c(-c3ccncc3)cc2-c2ccc(Cl)cc2)cc1. The second-order valence-corrected chi connectivity index (χ2v) is 8.96. The molecule has 0 spiro atoms. The van der Waals surface area contributed by atoms with Gasteiger partial charge in [0.1, 0.15) is 0 Å². The Morgan fingerprint density at radius 2 is 1.43 bits per heavy atom. The third-order valence-electron chi connectivity index (χ3n) is 4.54. The van der Waals surface area contributed by atoms with Gasteiger partial charge in [-0.15, -0.1) is 0 Å². The number of H-pyrrole nitrogens is 1. The minimum absolute atomic E-state index is 0.296. The minimum Gasteiger partial charge on any atom is -0.354 e. The van der Waals surface area contributed by atoms with Crippen molar-refractivity contribution in [1.82, 2.24) is 9.97 Å². The number of hydrogen-bond acceptors (Lipinski definition) is 3. The van der Waals surface area contributed by atoms with E-state index in [1.165, 1.54) is 6.26 Å². The van der Waals surface area contributed by atoms with Crippen LogP contribution in [-0.2, 0) is 9.84 Å². The van der Waals surface area contributed by atoms with Crippen LogP contribution in [-0.4, -0.2) is 24.6 Å². The first-order valence-corrected chi connectivity index (χ1v) is 10.9. The average molecular weight is 409 g/mol. The van der Waals surface area contributed by atoms with E-state index in [0.29, 0.717) is 9.92 Å². The van der Waals surface area contributed by atoms with E-state index in [2.05, 4.69) is 16.0 Å². The fraction of sp³-hybridized carbons (Fsp3) is 0.0455. The molecule has 4 rings (SSSR count). The molecule has 0 aliphatic heterocycles. The van der Waals surface area contributed by atoms with E-state index in [1.54, 1.807) is 24.5 Å². The summed E-state index contributed by atoms with van der Waals surface area (Å²) >= 11 is 6.05. The van der Waals surface area contributed by atoms with Crippen molar-refractivity contribution in [2.75, 3.05) is 6.26 Å². The molecular formula is C22H17ClN2O2S. The predicted molar refractivity (Wildman–Crippen MR) is 113 cm³/mol. The van der Waals surface area contributed by atoms with Crippen LogP contribution in [0.2, 0.25) is 5.02 Å². The molecule has 2 heterocycles. The first kappa shape index (κ1) is 18.5. The van der Waals surface area contributed by atoms with Crippen LogP contribution in [0, 0.1) is 0 Å². The number of sulfone groups is 1. The second-order valence-electron chi connectivity index (χ2n) is 6.51. The summed E-state index contributed by atoms with van der Waals surface area (Å²) < 4.78 is 23.5. The number of rotatable bonds is 4. The molecule has 0 aliphatic carbocycles. The molecule has 0 atom stereocenters. The van der Waals surface area contributed by atoms with E-state index >= 15 is 0 Å². The summed E-state index contributed by atoms with van der Waals surface area (Å²) in [6, 6.07) is 20.5. The van der Waals surface area contributed by atoms with Crippen molar-refractivity contribution >= 4 is 21.4 Å². The van der Waals surface area contributed by atoms with Crippen LogP contribution in [0.3, 0.4) is 0 Å². The van der Waals surface area contributed by atoms with Gasteiger partial charge in [-0.05, 0) is 53.6 Å². The summed E-state index contributed by atoms with van der Waals surface area (Å²) in [6.07, 6.45) is 4.70. The van der Waals surface area contributed by atoms with Crippen LogP contribution in [0.4, 0.5) is 0 Å². The lowest BCUT2D eigenvalue weighted by atomic mass is 10.0. The van der Waals surface area contributed by atoms with Gasteiger partial charge >= 0.3 is 0 Å². The Bertz CT molecular complexity index is 1210. The number of halogens is 1. The van der Waals surface area contributed by atoms with Crippen LogP contribution in [0.5, 0.6) is 0 Å². The molecule has 4 aromatic rings. The fourth-order valence-electron chi connectivity index (χ4n) is 3.10. The van der Waals surface area contributed by atoms with Gasteiger partial charge in [0, 0.05) is 40.5 Å². The molecule has 28 heavy (non-hydrogen) atoms. The van der Waals surface area contributed by atoms with Gasteiger partial charge in [0.15, 0.2) is 9.84 Å². The first-order valence-electron chi connectivity index (χ1n) is 8.62. The van der Waals surface area contributed by atoms with E-state index in [0.717, 1.165) is 33.6 Å². The minimum atomic E-state index is -3.24. The normalized spacial score (nSPS) is 11.5. The molecule has 140 valence electrons. The summed E-state index contributed by atoms with van der Waals surface area (Å²) in [7, 11) is -3.24. The first-order chi connectivity index (χ1) is 13.4. The number of aromatic amines is 1. The Kier molecular flexibility index (Phi) is 4.79. The highest BCUT2D eigenvalue weighted by atomic mass is 35.5. The van der Waals surface area contributed by atoms with Crippen LogP contribution >= 0.6 is 11.6 Å². The van der Waals surface area contributed by atoms with Gasteiger partial charge in [0.25, 0.3) is 0 Å². The molecule has 0 bridgehead atoms. The van der Waals surface area contributed by atoms with Crippen LogP contribution in [0.25, 0.3) is 33.6 Å². The molecule has 2 aromatic heterocycles. The quantitative estimate of drug-likeness (QED) is 0.487. The number of aromatic nitrogens is 2. The predicted octanol–water partition coefficient (Wildman–Crippen LogP) is 5.47. The summed E-state index contributed by atoms with van der Waals surface area (Å²) in [5, 5.41) is 0.674. The number of nitrogens with zero attached hydrogens (tertiary/aromatic N) is 1. The summed E-state index contributed by atoms with van der Waals surface area (Å²) in [5.74, 6) is 0. The molecule has 0 saturated carbocycles. The Balaban J connectivity index is 1.87. The van der Waals surface area contributed by atoms with Gasteiger partial charge < -0.3 is 4.98 Å². The van der Waals surface area contributed by atoms with Crippen molar-refractivity contribution in [2.24, 2.45) is 0 Å². The van der Waals surface area contributed by atoms with Gasteiger partial charge in [-0.2, -0.15) is 0 Å². The zero-order valence-electron chi connectivity index (χ0n) is 15.1. The molecule has 0 fully saturated rings. The summed E-state index contributed by atoms with van der Waals surface area (Å²) in [5.41, 5.74) is 5.81. The maximum absolute atomic E-state index is 11.8. The zero-order valence-corrected chi connectivity index (χ0v) is 16.6. The van der Waals surface area contributed by atoms with Crippen molar-refractivity contribution in [1.29, 1.82) is 0 Å². The van der Waals surface area contributed by atoms with E-state index in [1.807, 2.05) is 48.5 Å². The fourth-order valence-corrected chi connectivity index (χ4v) is 3.85. The van der Waals surface area contributed by atoms with E-state index in [-0.39, 0.29) is 0 Å². The van der Waals surface area contributed by atoms with Crippen molar-refractivity contribution in [3.8, 4) is 33.6 Å². The van der Waals surface area contributed by atoms with Crippen molar-refractivity contribution in [2.45, 2.75) is 4.90 Å². The maximum atomic E-state index is 11.8. The highest BCUT2D eigenvalue weighted by molar-refractivity contribution is 7.90. The largest absolute Gasteiger partial charge is 0.354 e. The Hall–Kier alpha value is -2.89. The average Bonchev–Trinajstić information content (AvgIpc) is 3.14. The third kappa shape index (κ3) is 3.72. The maximum Gasteiger partial charge on any atom is 0.175 e. The molecule has 0 amide bonds. The lowest BCUT2D eigenvalue weighted by molar-refractivity contribution is 0.602. The van der Waals surface area contributed by atoms with Gasteiger partial charge in [-0.25, -0.2) is 8.42 Å². The smallest absolute Gasteiger partial charge is 0.175 e. The van der Waals surface area contributed by atoms with E-state index in [4.69, 9.17) is 11.6 Å². The topological polar surface area (TPSA) is 62.8 Å². The standard InChI is InChI=1S/C22H17ClN2O2S/c1-28(26,27)19-8-4-17(5-9-19)22-20(15-2-6-18(23)7-3-15)14-21(25-22)16-10-12-24-13-11-16/h2-14,25H,1H3. The second kappa shape index (κ2) is 7.26. The monoisotopic (exact) mass is 408 g/mol. The van der Waals surface area contributed by atoms with E-state index in [9.17, 15) is 8.42 Å². The van der Waals surface area contributed by atoms with Crippen molar-refractivity contribution in [3.05, 3.63) is 84.1 Å². The molecule has 1 N–H and O–H groups in total. The Morgan fingerprint density at radius 1 is 0.821 bits per heavy atom. The molecule has 2 aromatic carbocycles. The highest BCUT2D eigenvalue weighted by Gasteiger charge is 2.15. The molecule has 4 nitrogen and oxygen atoms in total. The molecule has 0 unspecified atom stereocenters. The van der Waals surface area contributed by atoms with Gasteiger partial charge in [0.05, 0.1) is 10.6 Å². The number of nitrogens with one attached hydrogen (secondary N) is 1. The molecule has 0 saturated heterocycles. The Morgan fingerprint density at radius 3 is 2.04 bits per heavy atom. The number of benzene rings is 2. The summed E-state index contributed by atoms with van der Waals surface area (Å²) in [4.78, 5) is 7.85. The Labute approximate surface area is 168 Å². The summed E-state index contributed by atoms with van der Waals surface area (Å²) in [6.45, 7) is 0. The molecule has 6 heteroatoms. The number of pyridine rings is 1. The van der Waals surface area contributed by atoms with Gasteiger partial charge in [-0.3, -0.25) is 4.98 Å². The van der Waals surface area contributed by atoms with Crippen molar-refractivity contribution in [3.63, 3.8) is 0 Å². The molecular weight excluding hydrogens is 392 g/mol. The lowest BCUT2D eigenvalue weighted by Gasteiger charge is -2.06. The number of hydrogen-bond donors (Lipinski definition) is 1. The molecule has 0 aliphatic rings. The highest BCUT2D eigenvalue weighted by Crippen LogP contribution is 2.36. The van der Waals surface area contributed by atoms with Crippen LogP contribution < -0.4 is 0 Å². The third-order valence-corrected chi connectivity index (χ3v) is 5.92.